The molecule has 23 heavy (non-hydrogen) atoms. The molecule has 1 aromatic rings. The summed E-state index contributed by atoms with van der Waals surface area (Å²) in [6.07, 6.45) is -1.46. The number of aryl methyl sites for hydroxylation is 1. The first-order valence-corrected chi connectivity index (χ1v) is 7.79. The molecular formula is C15H20F3N3O2. The van der Waals surface area contributed by atoms with Crippen molar-refractivity contribution in [3.63, 3.8) is 0 Å². The molecule has 1 spiro atoms. The van der Waals surface area contributed by atoms with E-state index in [1.54, 1.807) is 4.90 Å². The Labute approximate surface area is 132 Å². The average Bonchev–Trinajstić information content (AvgIpc) is 2.87. The number of alkyl halides is 3. The van der Waals surface area contributed by atoms with E-state index in [1.165, 1.54) is 6.92 Å². The van der Waals surface area contributed by atoms with Crippen molar-refractivity contribution in [3.8, 4) is 0 Å². The molecule has 0 radical (unpaired) electrons. The predicted octanol–water partition coefficient (Wildman–Crippen LogP) is 1.97. The van der Waals surface area contributed by atoms with Crippen LogP contribution in [0.5, 0.6) is 0 Å². The number of hydrogen-bond donors (Lipinski definition) is 1. The number of aliphatic hydroxyl groups is 1. The summed E-state index contributed by atoms with van der Waals surface area (Å²) < 4.78 is 39.0. The van der Waals surface area contributed by atoms with Gasteiger partial charge in [-0.05, 0) is 44.1 Å². The van der Waals surface area contributed by atoms with E-state index in [2.05, 4.69) is 5.10 Å². The van der Waals surface area contributed by atoms with Crippen LogP contribution in [0.15, 0.2) is 6.07 Å². The molecule has 2 aliphatic rings. The Bertz CT molecular complexity index is 604. The Balaban J connectivity index is 1.61. The zero-order chi connectivity index (χ0) is 16.8. The number of piperidine rings is 1. The molecule has 8 heteroatoms. The van der Waals surface area contributed by atoms with Gasteiger partial charge in [-0.25, -0.2) is 0 Å². The summed E-state index contributed by atoms with van der Waals surface area (Å²) >= 11 is 0. The molecule has 1 amide bonds. The van der Waals surface area contributed by atoms with E-state index in [-0.39, 0.29) is 24.0 Å². The smallest absolute Gasteiger partial charge is 0.393 e. The molecule has 128 valence electrons. The second-order valence-electron chi connectivity index (χ2n) is 6.62. The van der Waals surface area contributed by atoms with Crippen molar-refractivity contribution in [2.75, 3.05) is 13.1 Å². The van der Waals surface area contributed by atoms with Gasteiger partial charge >= 0.3 is 6.18 Å². The van der Waals surface area contributed by atoms with Crippen LogP contribution in [0.3, 0.4) is 0 Å². The third kappa shape index (κ3) is 2.96. The van der Waals surface area contributed by atoms with E-state index in [1.807, 2.05) is 0 Å². The summed E-state index contributed by atoms with van der Waals surface area (Å²) in [4.78, 5) is 14.0. The highest BCUT2D eigenvalue weighted by molar-refractivity contribution is 5.76. The quantitative estimate of drug-likeness (QED) is 0.901. The van der Waals surface area contributed by atoms with Crippen LogP contribution in [0.4, 0.5) is 13.2 Å². The molecule has 1 atom stereocenters. The number of likely N-dealkylation sites (tertiary alicyclic amines) is 1. The highest BCUT2D eigenvalue weighted by Crippen LogP contribution is 2.49. The topological polar surface area (TPSA) is 58.4 Å². The first-order valence-electron chi connectivity index (χ1n) is 7.79. The van der Waals surface area contributed by atoms with Crippen molar-refractivity contribution in [2.24, 2.45) is 5.41 Å². The van der Waals surface area contributed by atoms with Crippen molar-refractivity contribution >= 4 is 5.91 Å². The molecule has 1 aromatic heterocycles. The minimum Gasteiger partial charge on any atom is -0.393 e. The summed E-state index contributed by atoms with van der Waals surface area (Å²) in [6.45, 7) is 2.41. The molecule has 5 nitrogen and oxygen atoms in total. The Hall–Kier alpha value is -1.57. The van der Waals surface area contributed by atoms with Crippen LogP contribution in [0, 0.1) is 12.3 Å². The summed E-state index contributed by atoms with van der Waals surface area (Å²) in [5.74, 6) is -0.228. The molecule has 1 saturated carbocycles. The molecule has 0 bridgehead atoms. The lowest BCUT2D eigenvalue weighted by molar-refractivity contribution is -0.144. The van der Waals surface area contributed by atoms with E-state index >= 15 is 0 Å². The fourth-order valence-corrected chi connectivity index (χ4v) is 3.50. The van der Waals surface area contributed by atoms with E-state index in [4.69, 9.17) is 0 Å². The normalized spacial score (nSPS) is 23.9. The van der Waals surface area contributed by atoms with Gasteiger partial charge in [0.1, 0.15) is 6.54 Å². The lowest BCUT2D eigenvalue weighted by atomic mass is 9.61. The average molecular weight is 331 g/mol. The van der Waals surface area contributed by atoms with Crippen LogP contribution < -0.4 is 0 Å². The number of aromatic nitrogens is 2. The molecule has 0 aromatic carbocycles. The zero-order valence-corrected chi connectivity index (χ0v) is 12.9. The van der Waals surface area contributed by atoms with Gasteiger partial charge in [0, 0.05) is 18.8 Å². The zero-order valence-electron chi connectivity index (χ0n) is 12.9. The van der Waals surface area contributed by atoms with Gasteiger partial charge in [-0.3, -0.25) is 9.48 Å². The van der Waals surface area contributed by atoms with Crippen LogP contribution >= 0.6 is 0 Å². The van der Waals surface area contributed by atoms with Gasteiger partial charge in [-0.2, -0.15) is 18.3 Å². The maximum Gasteiger partial charge on any atom is 0.435 e. The van der Waals surface area contributed by atoms with E-state index < -0.39 is 11.9 Å². The van der Waals surface area contributed by atoms with Gasteiger partial charge < -0.3 is 10.0 Å². The van der Waals surface area contributed by atoms with Crippen molar-refractivity contribution in [1.29, 1.82) is 0 Å². The highest BCUT2D eigenvalue weighted by Gasteiger charge is 2.47. The van der Waals surface area contributed by atoms with E-state index in [0.29, 0.717) is 18.8 Å². The van der Waals surface area contributed by atoms with Gasteiger partial charge in [-0.1, -0.05) is 0 Å². The van der Waals surface area contributed by atoms with Crippen molar-refractivity contribution in [3.05, 3.63) is 17.5 Å². The summed E-state index contributed by atoms with van der Waals surface area (Å²) in [6, 6.07) is 0.948. The van der Waals surface area contributed by atoms with Crippen LogP contribution in [0.25, 0.3) is 0 Å². The standard InChI is InChI=1S/C15H20F3N3O2/c1-10-8-11(15(16,17)18)19-21(10)9-13(23)20-6-4-14(5-7-20)3-2-12(14)22/h8,12,22H,2-7,9H2,1H3. The molecule has 1 aliphatic heterocycles. The second-order valence-corrected chi connectivity index (χ2v) is 6.62. The first-order chi connectivity index (χ1) is 10.7. The maximum atomic E-state index is 12.6. The Morgan fingerprint density at radius 3 is 2.48 bits per heavy atom. The lowest BCUT2D eigenvalue weighted by Crippen LogP contribution is -2.53. The number of nitrogens with zero attached hydrogens (tertiary/aromatic N) is 3. The van der Waals surface area contributed by atoms with Gasteiger partial charge in [-0.15, -0.1) is 0 Å². The molecule has 1 unspecified atom stereocenters. The van der Waals surface area contributed by atoms with Crippen molar-refractivity contribution in [1.82, 2.24) is 14.7 Å². The molecule has 2 fully saturated rings. The molecule has 1 saturated heterocycles. The van der Waals surface area contributed by atoms with Crippen molar-refractivity contribution < 1.29 is 23.1 Å². The fraction of sp³-hybridized carbons (Fsp3) is 0.733. The molecule has 2 heterocycles. The van der Waals surface area contributed by atoms with Crippen LogP contribution in [-0.2, 0) is 17.5 Å². The number of rotatable bonds is 2. The Kier molecular flexibility index (Phi) is 3.90. The number of carbonyl (C=O) groups is 1. The van der Waals surface area contributed by atoms with Crippen LogP contribution in [-0.4, -0.2) is 44.9 Å². The third-order valence-corrected chi connectivity index (χ3v) is 5.29. The molecule has 3 rings (SSSR count). The van der Waals surface area contributed by atoms with E-state index in [0.717, 1.165) is 36.4 Å². The Morgan fingerprint density at radius 2 is 2.04 bits per heavy atom. The van der Waals surface area contributed by atoms with E-state index in [9.17, 15) is 23.1 Å². The number of aliphatic hydroxyl groups excluding tert-OH is 1. The van der Waals surface area contributed by atoms with Gasteiger partial charge in [0.25, 0.3) is 0 Å². The number of hydrogen-bond acceptors (Lipinski definition) is 3. The molecule has 1 aliphatic carbocycles. The highest BCUT2D eigenvalue weighted by atomic mass is 19.4. The first kappa shape index (κ1) is 16.3. The van der Waals surface area contributed by atoms with Gasteiger partial charge in [0.05, 0.1) is 6.10 Å². The van der Waals surface area contributed by atoms with Gasteiger partial charge in [0.2, 0.25) is 5.91 Å². The lowest BCUT2D eigenvalue weighted by Gasteiger charge is -2.51. The minimum absolute atomic E-state index is 0.0398. The molecular weight excluding hydrogens is 311 g/mol. The SMILES string of the molecule is Cc1cc(C(F)(F)F)nn1CC(=O)N1CCC2(CCC2O)CC1. The van der Waals surface area contributed by atoms with Gasteiger partial charge in [0.15, 0.2) is 5.69 Å². The summed E-state index contributed by atoms with van der Waals surface area (Å²) in [5, 5.41) is 13.4. The van der Waals surface area contributed by atoms with Crippen LogP contribution in [0.1, 0.15) is 37.1 Å². The number of amides is 1. The third-order valence-electron chi connectivity index (χ3n) is 5.29. The number of carbonyl (C=O) groups excluding carboxylic acids is 1. The fourth-order valence-electron chi connectivity index (χ4n) is 3.50. The predicted molar refractivity (Wildman–Crippen MR) is 75.5 cm³/mol. The molecule has 1 N–H and O–H groups in total. The van der Waals surface area contributed by atoms with Crippen molar-refractivity contribution in [2.45, 2.75) is 51.4 Å². The summed E-state index contributed by atoms with van der Waals surface area (Å²) in [7, 11) is 0. The number of halogens is 3. The van der Waals surface area contributed by atoms with Crippen LogP contribution in [0.2, 0.25) is 0 Å². The summed E-state index contributed by atoms with van der Waals surface area (Å²) in [5.41, 5.74) is -0.700. The maximum absolute atomic E-state index is 12.6. The largest absolute Gasteiger partial charge is 0.435 e. The minimum atomic E-state index is -4.50. The monoisotopic (exact) mass is 331 g/mol. The second kappa shape index (κ2) is 5.51. The Morgan fingerprint density at radius 1 is 1.39 bits per heavy atom.